The molecule has 6 heteroatoms. The van der Waals surface area contributed by atoms with Gasteiger partial charge in [0.2, 0.25) is 5.91 Å². The Bertz CT molecular complexity index is 474. The van der Waals surface area contributed by atoms with Crippen LogP contribution >= 0.6 is 0 Å². The Hall–Kier alpha value is -1.95. The highest BCUT2D eigenvalue weighted by Gasteiger charge is 2.12. The van der Waals surface area contributed by atoms with Gasteiger partial charge in [-0.25, -0.2) is 0 Å². The van der Waals surface area contributed by atoms with E-state index in [0.717, 1.165) is 12.8 Å². The van der Waals surface area contributed by atoms with Gasteiger partial charge in [-0.2, -0.15) is 0 Å². The summed E-state index contributed by atoms with van der Waals surface area (Å²) in [6.07, 6.45) is 1.99. The number of nitrogens with two attached hydrogens (primary N) is 1. The zero-order valence-corrected chi connectivity index (χ0v) is 11.2. The van der Waals surface area contributed by atoms with Crippen LogP contribution < -0.4 is 11.1 Å². The number of hydrogen-bond acceptors (Lipinski definition) is 4. The molecule has 104 valence electrons. The number of carbonyl (C=O) groups excluding carboxylic acids is 1. The number of non-ortho nitro benzene ring substituents is 1. The van der Waals surface area contributed by atoms with E-state index in [0.29, 0.717) is 11.3 Å². The maximum absolute atomic E-state index is 11.7. The molecule has 0 heterocycles. The Morgan fingerprint density at radius 1 is 1.53 bits per heavy atom. The smallest absolute Gasteiger partial charge is 0.269 e. The number of carbonyl (C=O) groups is 1. The monoisotopic (exact) mass is 265 g/mol. The lowest BCUT2D eigenvalue weighted by Crippen LogP contribution is -2.27. The number of amides is 1. The molecule has 1 rings (SSSR count). The summed E-state index contributed by atoms with van der Waals surface area (Å²) >= 11 is 0. The van der Waals surface area contributed by atoms with Crippen LogP contribution in [-0.4, -0.2) is 16.9 Å². The van der Waals surface area contributed by atoms with E-state index in [2.05, 4.69) is 5.32 Å². The van der Waals surface area contributed by atoms with Crippen LogP contribution in [0.3, 0.4) is 0 Å². The van der Waals surface area contributed by atoms with Crippen molar-refractivity contribution >= 4 is 17.3 Å². The van der Waals surface area contributed by atoms with Crippen molar-refractivity contribution < 1.29 is 9.72 Å². The van der Waals surface area contributed by atoms with Crippen molar-refractivity contribution in [3.63, 3.8) is 0 Å². The zero-order chi connectivity index (χ0) is 14.4. The fraction of sp³-hybridized carbons (Fsp3) is 0.462. The highest BCUT2D eigenvalue weighted by atomic mass is 16.6. The van der Waals surface area contributed by atoms with E-state index in [9.17, 15) is 14.9 Å². The van der Waals surface area contributed by atoms with Gasteiger partial charge in [-0.1, -0.05) is 13.3 Å². The molecule has 3 N–H and O–H groups in total. The van der Waals surface area contributed by atoms with Crippen LogP contribution in [0.1, 0.15) is 31.7 Å². The predicted molar refractivity (Wildman–Crippen MR) is 74.0 cm³/mol. The number of nitrogens with zero attached hydrogens (tertiary/aromatic N) is 1. The molecule has 0 aromatic heterocycles. The van der Waals surface area contributed by atoms with Gasteiger partial charge in [0.1, 0.15) is 0 Å². The molecule has 0 radical (unpaired) electrons. The summed E-state index contributed by atoms with van der Waals surface area (Å²) in [6, 6.07) is 4.19. The summed E-state index contributed by atoms with van der Waals surface area (Å²) < 4.78 is 0. The standard InChI is InChI=1S/C13H19N3O3/c1-3-4-10(14)8-13(17)15-12-6-5-11(16(18)19)7-9(12)2/h5-7,10H,3-4,8,14H2,1-2H3,(H,15,17). The quantitative estimate of drug-likeness (QED) is 0.609. The first-order chi connectivity index (χ1) is 8.93. The van der Waals surface area contributed by atoms with Gasteiger partial charge in [0, 0.05) is 30.3 Å². The van der Waals surface area contributed by atoms with Gasteiger partial charge in [-0.05, 0) is 25.0 Å². The van der Waals surface area contributed by atoms with Gasteiger partial charge in [-0.15, -0.1) is 0 Å². The van der Waals surface area contributed by atoms with Gasteiger partial charge in [0.15, 0.2) is 0 Å². The number of aryl methyl sites for hydroxylation is 1. The van der Waals surface area contributed by atoms with Crippen molar-refractivity contribution in [3.8, 4) is 0 Å². The minimum atomic E-state index is -0.463. The summed E-state index contributed by atoms with van der Waals surface area (Å²) in [7, 11) is 0. The first kappa shape index (κ1) is 15.1. The molecule has 1 atom stereocenters. The average Bonchev–Trinajstić information content (AvgIpc) is 2.31. The number of hydrogen-bond donors (Lipinski definition) is 2. The van der Waals surface area contributed by atoms with Crippen molar-refractivity contribution in [3.05, 3.63) is 33.9 Å². The second-order valence-electron chi connectivity index (χ2n) is 4.56. The SMILES string of the molecule is CCCC(N)CC(=O)Nc1ccc([N+](=O)[O-])cc1C. The fourth-order valence-electron chi connectivity index (χ4n) is 1.81. The predicted octanol–water partition coefficient (Wildman–Crippen LogP) is 2.36. The number of nitro groups is 1. The summed E-state index contributed by atoms with van der Waals surface area (Å²) in [5, 5.41) is 13.3. The molecule has 0 saturated heterocycles. The van der Waals surface area contributed by atoms with E-state index in [-0.39, 0.29) is 24.1 Å². The molecule has 0 saturated carbocycles. The average molecular weight is 265 g/mol. The van der Waals surface area contributed by atoms with E-state index in [4.69, 9.17) is 5.73 Å². The van der Waals surface area contributed by atoms with Crippen LogP contribution in [-0.2, 0) is 4.79 Å². The Morgan fingerprint density at radius 2 is 2.21 bits per heavy atom. The lowest BCUT2D eigenvalue weighted by molar-refractivity contribution is -0.384. The second-order valence-corrected chi connectivity index (χ2v) is 4.56. The maximum Gasteiger partial charge on any atom is 0.269 e. The molecule has 0 aliphatic carbocycles. The van der Waals surface area contributed by atoms with E-state index in [1.807, 2.05) is 6.92 Å². The normalized spacial score (nSPS) is 11.9. The maximum atomic E-state index is 11.7. The number of nitro benzene ring substituents is 1. The van der Waals surface area contributed by atoms with Crippen molar-refractivity contribution in [1.29, 1.82) is 0 Å². The third-order valence-corrected chi connectivity index (χ3v) is 2.80. The van der Waals surface area contributed by atoms with Crippen LogP contribution in [0.2, 0.25) is 0 Å². The molecule has 1 amide bonds. The zero-order valence-electron chi connectivity index (χ0n) is 11.2. The molecule has 0 aliphatic rings. The molecule has 0 fully saturated rings. The third kappa shape index (κ3) is 4.67. The summed E-state index contributed by atoms with van der Waals surface area (Å²) in [4.78, 5) is 21.9. The Kier molecular flexibility index (Phi) is 5.44. The first-order valence-corrected chi connectivity index (χ1v) is 6.24. The topological polar surface area (TPSA) is 98.3 Å². The number of nitrogens with one attached hydrogen (secondary N) is 1. The lowest BCUT2D eigenvalue weighted by Gasteiger charge is -2.12. The van der Waals surface area contributed by atoms with Gasteiger partial charge < -0.3 is 11.1 Å². The number of benzene rings is 1. The number of anilines is 1. The lowest BCUT2D eigenvalue weighted by atomic mass is 10.1. The van der Waals surface area contributed by atoms with Crippen molar-refractivity contribution in [2.24, 2.45) is 5.73 Å². The highest BCUT2D eigenvalue weighted by Crippen LogP contribution is 2.21. The summed E-state index contributed by atoms with van der Waals surface area (Å²) in [6.45, 7) is 3.73. The van der Waals surface area contributed by atoms with Crippen LogP contribution in [0.25, 0.3) is 0 Å². The largest absolute Gasteiger partial charge is 0.327 e. The van der Waals surface area contributed by atoms with Gasteiger partial charge in [0.05, 0.1) is 4.92 Å². The summed E-state index contributed by atoms with van der Waals surface area (Å²) in [5.41, 5.74) is 7.04. The second kappa shape index (κ2) is 6.84. The molecule has 0 bridgehead atoms. The van der Waals surface area contributed by atoms with Crippen molar-refractivity contribution in [2.45, 2.75) is 39.2 Å². The van der Waals surface area contributed by atoms with E-state index < -0.39 is 4.92 Å². The Labute approximate surface area is 112 Å². The Balaban J connectivity index is 2.67. The fourth-order valence-corrected chi connectivity index (χ4v) is 1.81. The van der Waals surface area contributed by atoms with Crippen LogP contribution in [0.5, 0.6) is 0 Å². The van der Waals surface area contributed by atoms with Crippen LogP contribution in [0.15, 0.2) is 18.2 Å². The third-order valence-electron chi connectivity index (χ3n) is 2.80. The minimum Gasteiger partial charge on any atom is -0.327 e. The molecule has 1 unspecified atom stereocenters. The Morgan fingerprint density at radius 3 is 2.74 bits per heavy atom. The minimum absolute atomic E-state index is 0.0122. The van der Waals surface area contributed by atoms with E-state index in [1.165, 1.54) is 18.2 Å². The van der Waals surface area contributed by atoms with Gasteiger partial charge in [-0.3, -0.25) is 14.9 Å². The number of rotatable bonds is 6. The van der Waals surface area contributed by atoms with Crippen molar-refractivity contribution in [2.75, 3.05) is 5.32 Å². The molecule has 19 heavy (non-hydrogen) atoms. The summed E-state index contributed by atoms with van der Waals surface area (Å²) in [5.74, 6) is -0.169. The highest BCUT2D eigenvalue weighted by molar-refractivity contribution is 5.92. The molecular weight excluding hydrogens is 246 g/mol. The van der Waals surface area contributed by atoms with Crippen LogP contribution in [0, 0.1) is 17.0 Å². The van der Waals surface area contributed by atoms with Gasteiger partial charge in [0.25, 0.3) is 5.69 Å². The molecule has 1 aromatic carbocycles. The van der Waals surface area contributed by atoms with Crippen molar-refractivity contribution in [1.82, 2.24) is 0 Å². The molecule has 6 nitrogen and oxygen atoms in total. The van der Waals surface area contributed by atoms with Crippen LogP contribution in [0.4, 0.5) is 11.4 Å². The first-order valence-electron chi connectivity index (χ1n) is 6.24. The van der Waals surface area contributed by atoms with E-state index in [1.54, 1.807) is 6.92 Å². The molecule has 0 aliphatic heterocycles. The molecule has 0 spiro atoms. The van der Waals surface area contributed by atoms with E-state index >= 15 is 0 Å². The molecular formula is C13H19N3O3. The molecule has 1 aromatic rings. The van der Waals surface area contributed by atoms with Gasteiger partial charge >= 0.3 is 0 Å².